The van der Waals surface area contributed by atoms with Gasteiger partial charge >= 0.3 is 12.0 Å². The lowest BCUT2D eigenvalue weighted by atomic mass is 9.97. The molecule has 2 N–H and O–H groups in total. The number of rotatable bonds is 5. The third-order valence-corrected chi connectivity index (χ3v) is 6.25. The van der Waals surface area contributed by atoms with Crippen LogP contribution in [0.4, 0.5) is 4.79 Å². The minimum atomic E-state index is -0.675. The van der Waals surface area contributed by atoms with E-state index < -0.39 is 18.0 Å². The van der Waals surface area contributed by atoms with E-state index in [0.717, 1.165) is 24.4 Å². The van der Waals surface area contributed by atoms with Crippen molar-refractivity contribution < 1.29 is 19.1 Å². The van der Waals surface area contributed by atoms with E-state index in [-0.39, 0.29) is 24.3 Å². The third-order valence-electron chi connectivity index (χ3n) is 5.31. The molecule has 0 spiro atoms. The summed E-state index contributed by atoms with van der Waals surface area (Å²) < 4.78 is 5.02. The van der Waals surface area contributed by atoms with Gasteiger partial charge in [-0.15, -0.1) is 11.3 Å². The molecule has 9 heteroatoms. The van der Waals surface area contributed by atoms with Crippen LogP contribution in [0.5, 0.6) is 0 Å². The molecule has 28 heavy (non-hydrogen) atoms. The van der Waals surface area contributed by atoms with Gasteiger partial charge < -0.3 is 25.2 Å². The number of amides is 3. The molecule has 3 heterocycles. The minimum absolute atomic E-state index is 0.0962. The second kappa shape index (κ2) is 9.38. The first-order valence-electron chi connectivity index (χ1n) is 9.75. The Morgan fingerprint density at radius 3 is 2.68 bits per heavy atom. The monoisotopic (exact) mass is 408 g/mol. The number of piperazine rings is 1. The minimum Gasteiger partial charge on any atom is -0.469 e. The molecule has 3 unspecified atom stereocenters. The largest absolute Gasteiger partial charge is 0.469 e. The summed E-state index contributed by atoms with van der Waals surface area (Å²) in [5, 5.41) is 8.03. The van der Waals surface area contributed by atoms with Crippen molar-refractivity contribution in [2.75, 3.05) is 39.8 Å². The topological polar surface area (TPSA) is 91.0 Å². The van der Waals surface area contributed by atoms with Gasteiger partial charge in [0.25, 0.3) is 0 Å². The molecule has 0 bridgehead atoms. The van der Waals surface area contributed by atoms with Crippen LogP contribution >= 0.6 is 11.3 Å². The number of carbonyl (C=O) groups excluding carboxylic acids is 3. The van der Waals surface area contributed by atoms with E-state index in [1.165, 1.54) is 18.4 Å². The van der Waals surface area contributed by atoms with E-state index in [4.69, 9.17) is 4.74 Å². The number of esters is 1. The molecule has 3 rings (SSSR count). The zero-order chi connectivity index (χ0) is 20.1. The lowest BCUT2D eigenvalue weighted by Crippen LogP contribution is -2.55. The van der Waals surface area contributed by atoms with Gasteiger partial charge in [-0.2, -0.15) is 0 Å². The standard InChI is InChI=1S/C19H28N4O4S/c1-3-6-21-19(26)23-14(17(24)22-9-7-20-8-10-22)12-13(18(25)27-2)16(23)15-5-4-11-28-15/h4-5,11,13-14,16,20H,3,6-10,12H2,1-2H3,(H,21,26). The van der Waals surface area contributed by atoms with Crippen LogP contribution in [0, 0.1) is 5.92 Å². The van der Waals surface area contributed by atoms with E-state index in [0.29, 0.717) is 19.6 Å². The lowest BCUT2D eigenvalue weighted by Gasteiger charge is -2.35. The van der Waals surface area contributed by atoms with Crippen LogP contribution in [0.2, 0.25) is 0 Å². The molecule has 2 aliphatic heterocycles. The number of urea groups is 1. The fraction of sp³-hybridized carbons (Fsp3) is 0.632. The van der Waals surface area contributed by atoms with Crippen LogP contribution in [0.3, 0.4) is 0 Å². The zero-order valence-electron chi connectivity index (χ0n) is 16.3. The molecule has 2 aliphatic rings. The summed E-state index contributed by atoms with van der Waals surface area (Å²) >= 11 is 1.48. The van der Waals surface area contributed by atoms with Crippen molar-refractivity contribution in [3.63, 3.8) is 0 Å². The SMILES string of the molecule is CCCNC(=O)N1C(C(=O)N2CCNCC2)CC(C(=O)OC)C1c1cccs1. The van der Waals surface area contributed by atoms with Gasteiger partial charge in [0.1, 0.15) is 6.04 Å². The molecule has 3 atom stereocenters. The number of likely N-dealkylation sites (tertiary alicyclic amines) is 1. The normalized spacial score (nSPS) is 24.9. The molecule has 0 radical (unpaired) electrons. The fourth-order valence-electron chi connectivity index (χ4n) is 3.95. The second-order valence-electron chi connectivity index (χ2n) is 7.06. The van der Waals surface area contributed by atoms with Crippen molar-refractivity contribution in [2.45, 2.75) is 31.8 Å². The van der Waals surface area contributed by atoms with Crippen LogP contribution in [0.15, 0.2) is 17.5 Å². The quantitative estimate of drug-likeness (QED) is 0.715. The molecular weight excluding hydrogens is 380 g/mol. The van der Waals surface area contributed by atoms with Crippen LogP contribution in [0.1, 0.15) is 30.7 Å². The summed E-state index contributed by atoms with van der Waals surface area (Å²) in [5.41, 5.74) is 0. The number of methoxy groups -OCH3 is 1. The number of hydrogen-bond donors (Lipinski definition) is 2. The van der Waals surface area contributed by atoms with E-state index >= 15 is 0 Å². The van der Waals surface area contributed by atoms with Gasteiger partial charge in [0.15, 0.2) is 0 Å². The van der Waals surface area contributed by atoms with Crippen molar-refractivity contribution in [2.24, 2.45) is 5.92 Å². The highest BCUT2D eigenvalue weighted by atomic mass is 32.1. The van der Waals surface area contributed by atoms with Gasteiger partial charge in [0.05, 0.1) is 19.1 Å². The zero-order valence-corrected chi connectivity index (χ0v) is 17.2. The van der Waals surface area contributed by atoms with E-state index in [1.54, 1.807) is 9.80 Å². The van der Waals surface area contributed by atoms with Gasteiger partial charge in [0.2, 0.25) is 5.91 Å². The number of carbonyl (C=O) groups is 3. The van der Waals surface area contributed by atoms with Crippen molar-refractivity contribution in [3.05, 3.63) is 22.4 Å². The second-order valence-corrected chi connectivity index (χ2v) is 8.04. The Morgan fingerprint density at radius 2 is 2.07 bits per heavy atom. The third kappa shape index (κ3) is 4.15. The Hall–Kier alpha value is -2.13. The van der Waals surface area contributed by atoms with Crippen molar-refractivity contribution >= 4 is 29.2 Å². The van der Waals surface area contributed by atoms with Gasteiger partial charge in [-0.25, -0.2) is 4.79 Å². The summed E-state index contributed by atoms with van der Waals surface area (Å²) in [6, 6.07) is 2.32. The van der Waals surface area contributed by atoms with Gasteiger partial charge in [-0.1, -0.05) is 13.0 Å². The first-order chi connectivity index (χ1) is 13.6. The maximum Gasteiger partial charge on any atom is 0.318 e. The van der Waals surface area contributed by atoms with E-state index in [2.05, 4.69) is 10.6 Å². The molecule has 3 amide bonds. The van der Waals surface area contributed by atoms with Crippen LogP contribution in [0.25, 0.3) is 0 Å². The first-order valence-corrected chi connectivity index (χ1v) is 10.6. The highest BCUT2D eigenvalue weighted by Crippen LogP contribution is 2.44. The highest BCUT2D eigenvalue weighted by Gasteiger charge is 2.52. The van der Waals surface area contributed by atoms with Crippen LogP contribution in [-0.4, -0.2) is 73.6 Å². The van der Waals surface area contributed by atoms with Crippen molar-refractivity contribution in [3.8, 4) is 0 Å². The fourth-order valence-corrected chi connectivity index (χ4v) is 4.84. The molecule has 1 aromatic heterocycles. The molecule has 8 nitrogen and oxygen atoms in total. The Bertz CT molecular complexity index is 690. The molecule has 1 aromatic rings. The highest BCUT2D eigenvalue weighted by molar-refractivity contribution is 7.10. The predicted molar refractivity (Wildman–Crippen MR) is 106 cm³/mol. The molecular formula is C19H28N4O4S. The Balaban J connectivity index is 1.94. The van der Waals surface area contributed by atoms with Gasteiger partial charge in [-0.3, -0.25) is 9.59 Å². The molecule has 154 valence electrons. The Morgan fingerprint density at radius 1 is 1.32 bits per heavy atom. The molecule has 0 saturated carbocycles. The Kier molecular flexibility index (Phi) is 6.90. The summed E-state index contributed by atoms with van der Waals surface area (Å²) in [4.78, 5) is 43.1. The summed E-state index contributed by atoms with van der Waals surface area (Å²) in [6.07, 6.45) is 1.07. The van der Waals surface area contributed by atoms with E-state index in [9.17, 15) is 14.4 Å². The Labute approximate surface area is 169 Å². The average molecular weight is 409 g/mol. The molecule has 0 aromatic carbocycles. The van der Waals surface area contributed by atoms with Crippen molar-refractivity contribution in [1.29, 1.82) is 0 Å². The summed E-state index contributed by atoms with van der Waals surface area (Å²) in [6.45, 7) is 5.16. The number of nitrogens with zero attached hydrogens (tertiary/aromatic N) is 2. The smallest absolute Gasteiger partial charge is 0.318 e. The maximum absolute atomic E-state index is 13.3. The molecule has 2 saturated heterocycles. The van der Waals surface area contributed by atoms with Gasteiger partial charge in [0, 0.05) is 37.6 Å². The number of nitrogens with one attached hydrogen (secondary N) is 2. The number of hydrogen-bond acceptors (Lipinski definition) is 6. The molecule has 0 aliphatic carbocycles. The van der Waals surface area contributed by atoms with Crippen molar-refractivity contribution in [1.82, 2.24) is 20.4 Å². The first kappa shape index (κ1) is 20.6. The summed E-state index contributed by atoms with van der Waals surface area (Å²) in [7, 11) is 1.35. The lowest BCUT2D eigenvalue weighted by molar-refractivity contribution is -0.146. The van der Waals surface area contributed by atoms with E-state index in [1.807, 2.05) is 24.4 Å². The number of ether oxygens (including phenoxy) is 1. The van der Waals surface area contributed by atoms with Gasteiger partial charge in [-0.05, 0) is 24.3 Å². The average Bonchev–Trinajstić information content (AvgIpc) is 3.39. The van der Waals surface area contributed by atoms with Crippen LogP contribution in [-0.2, 0) is 14.3 Å². The molecule has 2 fully saturated rings. The summed E-state index contributed by atoms with van der Waals surface area (Å²) in [5.74, 6) is -1.05. The maximum atomic E-state index is 13.3. The number of thiophene rings is 1. The van der Waals surface area contributed by atoms with Crippen LogP contribution < -0.4 is 10.6 Å². The predicted octanol–water partition coefficient (Wildman–Crippen LogP) is 1.20.